The quantitative estimate of drug-likeness (QED) is 0.311. The van der Waals surface area contributed by atoms with Crippen LogP contribution in [0.1, 0.15) is 57.1 Å². The molecular weight excluding hydrogens is 626 g/mol. The summed E-state index contributed by atoms with van der Waals surface area (Å²) >= 11 is 0. The number of aromatic nitrogens is 3. The van der Waals surface area contributed by atoms with Crippen molar-refractivity contribution in [2.24, 2.45) is 5.41 Å². The van der Waals surface area contributed by atoms with Crippen molar-refractivity contribution in [2.45, 2.75) is 70.1 Å². The van der Waals surface area contributed by atoms with E-state index in [1.54, 1.807) is 24.2 Å². The van der Waals surface area contributed by atoms with Crippen LogP contribution in [0, 0.1) is 12.3 Å². The second-order valence-electron chi connectivity index (χ2n) is 14.1. The molecule has 3 aromatic rings. The van der Waals surface area contributed by atoms with Gasteiger partial charge < -0.3 is 30.1 Å². The van der Waals surface area contributed by atoms with Crippen LogP contribution >= 0.6 is 0 Å². The van der Waals surface area contributed by atoms with Crippen LogP contribution in [0.15, 0.2) is 36.7 Å². The highest BCUT2D eigenvalue weighted by atomic mass is 16.6. The van der Waals surface area contributed by atoms with Crippen molar-refractivity contribution in [2.75, 3.05) is 51.6 Å². The first-order chi connectivity index (χ1) is 24.1. The van der Waals surface area contributed by atoms with Crippen molar-refractivity contribution in [1.29, 1.82) is 0 Å². The van der Waals surface area contributed by atoms with Crippen molar-refractivity contribution in [3.05, 3.63) is 53.3 Å². The highest BCUT2D eigenvalue weighted by Gasteiger charge is 2.47. The van der Waals surface area contributed by atoms with Gasteiger partial charge in [0.2, 0.25) is 11.8 Å². The van der Waals surface area contributed by atoms with Gasteiger partial charge >= 0.3 is 12.1 Å². The van der Waals surface area contributed by atoms with Gasteiger partial charge in [-0.25, -0.2) is 14.6 Å². The van der Waals surface area contributed by atoms with Crippen molar-refractivity contribution in [3.8, 4) is 0 Å². The van der Waals surface area contributed by atoms with E-state index in [1.165, 1.54) is 0 Å². The van der Waals surface area contributed by atoms with E-state index in [4.69, 9.17) is 6.11 Å². The molecule has 14 nitrogen and oxygen atoms in total. The number of aromatic amines is 1. The molecule has 2 atom stereocenters. The maximum atomic E-state index is 14.4. The number of aryl methyl sites for hydroxylation is 1. The van der Waals surface area contributed by atoms with E-state index >= 15 is 0 Å². The summed E-state index contributed by atoms with van der Waals surface area (Å²) in [6.45, 7) is 6.88. The lowest BCUT2D eigenvalue weighted by molar-refractivity contribution is -0.136. The van der Waals surface area contributed by atoms with E-state index in [9.17, 15) is 19.2 Å². The zero-order chi connectivity index (χ0) is 35.0. The van der Waals surface area contributed by atoms with Gasteiger partial charge in [0.05, 0.1) is 17.8 Å². The van der Waals surface area contributed by atoms with Crippen LogP contribution in [-0.2, 0) is 26.3 Å². The van der Waals surface area contributed by atoms with Gasteiger partial charge in [0.15, 0.2) is 0 Å². The fraction of sp³-hybridized carbons (Fsp3) is 0.543. The summed E-state index contributed by atoms with van der Waals surface area (Å²) in [5.74, 6) is 0.370. The molecule has 0 aliphatic carbocycles. The number of amides is 5. The van der Waals surface area contributed by atoms with Gasteiger partial charge in [0.1, 0.15) is 17.5 Å². The molecule has 14 heteroatoms. The summed E-state index contributed by atoms with van der Waals surface area (Å²) in [4.78, 5) is 63.2. The second-order valence-corrected chi connectivity index (χ2v) is 14.1. The van der Waals surface area contributed by atoms with Gasteiger partial charge in [-0.15, -0.1) is 0 Å². The molecule has 0 bridgehead atoms. The fourth-order valence-electron chi connectivity index (χ4n) is 8.09. The lowest BCUT2D eigenvalue weighted by Gasteiger charge is -2.43. The van der Waals surface area contributed by atoms with E-state index in [1.807, 2.05) is 41.0 Å². The predicted molar refractivity (Wildman–Crippen MR) is 182 cm³/mol. The van der Waals surface area contributed by atoms with Crippen LogP contribution in [0.5, 0.6) is 0 Å². The SMILES string of the molecule is [2H]CN[C@@H](C)C(=O)N1CCC2(CC1)CCN(C(=O)[C@@H](Cc1cc(C)c3[nH]ncc3c1)NC(=O)N1CCC3(CC1)OC(=O)Nc1ncccc13)C2. The van der Waals surface area contributed by atoms with Gasteiger partial charge in [0.25, 0.3) is 0 Å². The van der Waals surface area contributed by atoms with Crippen LogP contribution < -0.4 is 16.0 Å². The maximum absolute atomic E-state index is 14.4. The Hall–Kier alpha value is -4.72. The average Bonchev–Trinajstić information content (AvgIpc) is 3.76. The van der Waals surface area contributed by atoms with E-state index in [0.717, 1.165) is 46.9 Å². The zero-order valence-corrected chi connectivity index (χ0v) is 28.1. The number of hydrogen-bond donors (Lipinski definition) is 4. The summed E-state index contributed by atoms with van der Waals surface area (Å²) in [6.07, 6.45) is 6.42. The Labute approximate surface area is 286 Å². The van der Waals surface area contributed by atoms with Crippen LogP contribution in [0.2, 0.25) is 0 Å². The smallest absolute Gasteiger partial charge is 0.413 e. The summed E-state index contributed by atoms with van der Waals surface area (Å²) in [6, 6.07) is 6.22. The third-order valence-corrected chi connectivity index (χ3v) is 11.1. The molecule has 2 spiro atoms. The number of rotatable bonds is 6. The predicted octanol–water partition coefficient (Wildman–Crippen LogP) is 2.89. The number of H-pyrrole nitrogens is 1. The van der Waals surface area contributed by atoms with Crippen molar-refractivity contribution >= 4 is 40.7 Å². The molecule has 2 aromatic heterocycles. The Morgan fingerprint density at radius 1 is 1.04 bits per heavy atom. The lowest BCUT2D eigenvalue weighted by atomic mass is 9.77. The Bertz CT molecular complexity index is 1780. The van der Waals surface area contributed by atoms with Gasteiger partial charge in [0, 0.05) is 77.0 Å². The molecule has 4 aliphatic heterocycles. The van der Waals surface area contributed by atoms with Crippen molar-refractivity contribution in [1.82, 2.24) is 40.5 Å². The summed E-state index contributed by atoms with van der Waals surface area (Å²) in [5.41, 5.74) is 2.74. The molecule has 7 rings (SSSR count). The minimum Gasteiger partial charge on any atom is -0.437 e. The number of anilines is 1. The number of fused-ring (bicyclic) bond motifs is 3. The van der Waals surface area contributed by atoms with Gasteiger partial charge in [-0.3, -0.25) is 20.0 Å². The van der Waals surface area contributed by atoms with E-state index in [-0.39, 0.29) is 30.3 Å². The number of piperidine rings is 2. The first kappa shape index (κ1) is 31.5. The molecule has 260 valence electrons. The van der Waals surface area contributed by atoms with Gasteiger partial charge in [-0.2, -0.15) is 5.10 Å². The number of ether oxygens (including phenoxy) is 1. The number of benzene rings is 1. The molecule has 1 aromatic carbocycles. The van der Waals surface area contributed by atoms with Gasteiger partial charge in [-0.1, -0.05) is 6.07 Å². The number of nitrogens with one attached hydrogen (secondary N) is 4. The zero-order valence-electron chi connectivity index (χ0n) is 29.1. The minimum atomic E-state index is -0.865. The summed E-state index contributed by atoms with van der Waals surface area (Å²) < 4.78 is 13.2. The number of urea groups is 1. The average molecular weight is 673 g/mol. The number of carbonyl (C=O) groups is 4. The number of likely N-dealkylation sites (tertiary alicyclic amines) is 3. The highest BCUT2D eigenvalue weighted by molar-refractivity contribution is 5.89. The Morgan fingerprint density at radius 3 is 2.53 bits per heavy atom. The molecule has 0 radical (unpaired) electrons. The topological polar surface area (TPSA) is 165 Å². The third-order valence-electron chi connectivity index (χ3n) is 11.1. The second kappa shape index (κ2) is 13.0. The molecule has 3 saturated heterocycles. The Morgan fingerprint density at radius 2 is 1.78 bits per heavy atom. The normalized spacial score (nSPS) is 21.1. The third kappa shape index (κ3) is 6.29. The number of carbonyl (C=O) groups excluding carboxylic acids is 4. The molecule has 4 N–H and O–H groups in total. The number of hydrogen-bond acceptors (Lipinski definition) is 8. The summed E-state index contributed by atoms with van der Waals surface area (Å²) in [7, 11) is -0.00706. The van der Waals surface area contributed by atoms with Crippen LogP contribution in [0.25, 0.3) is 10.9 Å². The molecule has 5 amide bonds. The monoisotopic (exact) mass is 672 g/mol. The molecular formula is C35H45N9O5. The standard InChI is InChI=1S/C35H45N9O5/c1-22-17-24(18-25-20-38-41-28(22)25)19-27(31(46)44-14-8-34(21-44)6-12-42(13-7-34)30(45)23(2)36-3)39-32(47)43-15-9-35(10-16-43)26-5-4-11-37-29(26)40-33(48)49-35/h4-5,11,17-18,20,23,27,36H,6-10,12-16,19,21H2,1-3H3,(H,38,41)(H,39,47)(H,37,40,48)/t23-,27+/m0/s1/i3D. The molecule has 6 heterocycles. The van der Waals surface area contributed by atoms with E-state index < -0.39 is 23.8 Å². The van der Waals surface area contributed by atoms with Gasteiger partial charge in [-0.05, 0) is 74.9 Å². The Balaban J connectivity index is 1.05. The first-order valence-corrected chi connectivity index (χ1v) is 17.1. The molecule has 4 aliphatic rings. The van der Waals surface area contributed by atoms with E-state index in [2.05, 4.69) is 31.1 Å². The minimum absolute atomic E-state index is 0.00706. The largest absolute Gasteiger partial charge is 0.437 e. The van der Waals surface area contributed by atoms with Crippen LogP contribution in [0.3, 0.4) is 0 Å². The number of pyridine rings is 1. The Kier molecular flexibility index (Phi) is 8.34. The maximum Gasteiger partial charge on any atom is 0.413 e. The molecule has 0 unspecified atom stereocenters. The molecule has 3 fully saturated rings. The lowest BCUT2D eigenvalue weighted by Crippen LogP contribution is -2.56. The van der Waals surface area contributed by atoms with Crippen molar-refractivity contribution < 1.29 is 25.3 Å². The van der Waals surface area contributed by atoms with Crippen LogP contribution in [0.4, 0.5) is 15.4 Å². The number of likely N-dealkylation sites (N-methyl/N-ethyl adjacent to an activating group) is 1. The molecule has 49 heavy (non-hydrogen) atoms. The fourth-order valence-corrected chi connectivity index (χ4v) is 8.09. The summed E-state index contributed by atoms with van der Waals surface area (Å²) in [5, 5.41) is 16.8. The highest BCUT2D eigenvalue weighted by Crippen LogP contribution is 2.43. The van der Waals surface area contributed by atoms with Crippen LogP contribution in [-0.4, -0.2) is 112 Å². The van der Waals surface area contributed by atoms with E-state index in [0.29, 0.717) is 64.3 Å². The molecule has 0 saturated carbocycles. The first-order valence-electron chi connectivity index (χ1n) is 17.8. The number of nitrogens with zero attached hydrogens (tertiary/aromatic N) is 5. The van der Waals surface area contributed by atoms with Crippen molar-refractivity contribution in [3.63, 3.8) is 0 Å².